The summed E-state index contributed by atoms with van der Waals surface area (Å²) in [5.74, 6) is -0.622. The van der Waals surface area contributed by atoms with Crippen LogP contribution in [0, 0.1) is 0 Å². The molecule has 0 aliphatic heterocycles. The molecule has 0 unspecified atom stereocenters. The second-order valence-electron chi connectivity index (χ2n) is 5.66. The maximum absolute atomic E-state index is 11.0. The minimum absolute atomic E-state index is 0.0478. The topological polar surface area (TPSA) is 68.0 Å². The fourth-order valence-electron chi connectivity index (χ4n) is 2.66. The van der Waals surface area contributed by atoms with Crippen molar-refractivity contribution < 1.29 is 9.90 Å². The lowest BCUT2D eigenvalue weighted by molar-refractivity contribution is 0.0689. The van der Waals surface area contributed by atoms with Crippen molar-refractivity contribution in [2.75, 3.05) is 0 Å². The molecule has 5 heteroatoms. The molecule has 1 aromatic carbocycles. The van der Waals surface area contributed by atoms with Gasteiger partial charge >= 0.3 is 5.97 Å². The van der Waals surface area contributed by atoms with E-state index in [4.69, 9.17) is 5.11 Å². The minimum Gasteiger partial charge on any atom is -0.476 e. The summed E-state index contributed by atoms with van der Waals surface area (Å²) in [5, 5.41) is 15.3. The average Bonchev–Trinajstić information content (AvgIpc) is 2.88. The molecule has 0 atom stereocenters. The van der Waals surface area contributed by atoms with Crippen LogP contribution < -0.4 is 0 Å². The lowest BCUT2D eigenvalue weighted by Gasteiger charge is -2.10. The molecule has 22 heavy (non-hydrogen) atoms. The summed E-state index contributed by atoms with van der Waals surface area (Å²) in [6.45, 7) is 4.29. The molecule has 0 radical (unpaired) electrons. The summed E-state index contributed by atoms with van der Waals surface area (Å²) < 4.78 is 1.59. The van der Waals surface area contributed by atoms with Gasteiger partial charge in [-0.25, -0.2) is 4.79 Å². The van der Waals surface area contributed by atoms with Crippen molar-refractivity contribution >= 4 is 16.7 Å². The average molecular weight is 295 g/mol. The fraction of sp³-hybridized carbons (Fsp3) is 0.235. The molecule has 0 aliphatic carbocycles. The number of hydrogen-bond acceptors (Lipinski definition) is 3. The van der Waals surface area contributed by atoms with Crippen LogP contribution in [0.1, 0.15) is 35.8 Å². The molecular weight excluding hydrogens is 278 g/mol. The predicted octanol–water partition coefficient (Wildman–Crippen LogP) is 3.46. The third-order valence-corrected chi connectivity index (χ3v) is 3.81. The lowest BCUT2D eigenvalue weighted by Crippen LogP contribution is -1.99. The second kappa shape index (κ2) is 5.26. The van der Waals surface area contributed by atoms with Crippen molar-refractivity contribution in [2.45, 2.75) is 19.8 Å². The largest absolute Gasteiger partial charge is 0.476 e. The number of aryl methyl sites for hydroxylation is 1. The standard InChI is InChI=1S/C17H17N3O2/c1-10(2)14-9-18-8-12-6-11(4-5-13(12)14)16-7-15(17(21)22)19-20(16)3/h4-10H,1-3H3,(H,21,22). The SMILES string of the molecule is CC(C)c1cncc2cc(-c3cc(C(=O)O)nn3C)ccc12. The Morgan fingerprint density at radius 3 is 2.64 bits per heavy atom. The highest BCUT2D eigenvalue weighted by Crippen LogP contribution is 2.29. The van der Waals surface area contributed by atoms with Crippen LogP contribution in [0.5, 0.6) is 0 Å². The molecule has 5 nitrogen and oxygen atoms in total. The van der Waals surface area contributed by atoms with Crippen LogP contribution in [0.15, 0.2) is 36.7 Å². The molecule has 3 rings (SSSR count). The summed E-state index contributed by atoms with van der Waals surface area (Å²) >= 11 is 0. The van der Waals surface area contributed by atoms with E-state index in [0.717, 1.165) is 16.6 Å². The molecule has 0 saturated carbocycles. The smallest absolute Gasteiger partial charge is 0.356 e. The first-order valence-electron chi connectivity index (χ1n) is 7.12. The van der Waals surface area contributed by atoms with Gasteiger partial charge in [-0.1, -0.05) is 26.0 Å². The number of nitrogens with zero attached hydrogens (tertiary/aromatic N) is 3. The fourth-order valence-corrected chi connectivity index (χ4v) is 2.66. The van der Waals surface area contributed by atoms with E-state index < -0.39 is 5.97 Å². The zero-order valence-electron chi connectivity index (χ0n) is 12.7. The van der Waals surface area contributed by atoms with E-state index in [9.17, 15) is 4.79 Å². The molecule has 0 bridgehead atoms. The van der Waals surface area contributed by atoms with E-state index in [0.29, 0.717) is 5.92 Å². The Morgan fingerprint density at radius 1 is 1.23 bits per heavy atom. The first kappa shape index (κ1) is 14.3. The van der Waals surface area contributed by atoms with Gasteiger partial charge in [-0.15, -0.1) is 0 Å². The highest BCUT2D eigenvalue weighted by atomic mass is 16.4. The third-order valence-electron chi connectivity index (χ3n) is 3.81. The Bertz CT molecular complexity index is 865. The van der Waals surface area contributed by atoms with Crippen molar-refractivity contribution in [2.24, 2.45) is 7.05 Å². The van der Waals surface area contributed by atoms with E-state index in [1.165, 1.54) is 10.9 Å². The number of aromatic carboxylic acids is 1. The van der Waals surface area contributed by atoms with Gasteiger partial charge in [0.25, 0.3) is 0 Å². The van der Waals surface area contributed by atoms with E-state index >= 15 is 0 Å². The van der Waals surface area contributed by atoms with Crippen LogP contribution in [0.3, 0.4) is 0 Å². The molecule has 2 heterocycles. The van der Waals surface area contributed by atoms with Crippen LogP contribution in [0.4, 0.5) is 0 Å². The number of carboxylic acid groups (broad SMARTS) is 1. The molecule has 0 amide bonds. The van der Waals surface area contributed by atoms with Crippen molar-refractivity contribution in [1.82, 2.24) is 14.8 Å². The van der Waals surface area contributed by atoms with Gasteiger partial charge in [0.1, 0.15) is 0 Å². The number of rotatable bonds is 3. The van der Waals surface area contributed by atoms with E-state index in [1.807, 2.05) is 24.5 Å². The summed E-state index contributed by atoms with van der Waals surface area (Å²) in [4.78, 5) is 15.4. The molecule has 1 N–H and O–H groups in total. The summed E-state index contributed by atoms with van der Waals surface area (Å²) in [6, 6.07) is 7.67. The number of carboxylic acids is 1. The van der Waals surface area contributed by atoms with Gasteiger partial charge in [-0.3, -0.25) is 9.67 Å². The van der Waals surface area contributed by atoms with Gasteiger partial charge in [-0.05, 0) is 29.0 Å². The van der Waals surface area contributed by atoms with Gasteiger partial charge in [0, 0.05) is 30.4 Å². The van der Waals surface area contributed by atoms with E-state index in [2.05, 4.69) is 30.0 Å². The van der Waals surface area contributed by atoms with Crippen molar-refractivity contribution in [3.05, 3.63) is 47.9 Å². The van der Waals surface area contributed by atoms with Gasteiger partial charge in [0.15, 0.2) is 5.69 Å². The highest BCUT2D eigenvalue weighted by Gasteiger charge is 2.13. The Balaban J connectivity index is 2.15. The minimum atomic E-state index is -1.02. The van der Waals surface area contributed by atoms with Gasteiger partial charge in [-0.2, -0.15) is 5.10 Å². The maximum Gasteiger partial charge on any atom is 0.356 e. The second-order valence-corrected chi connectivity index (χ2v) is 5.66. The summed E-state index contributed by atoms with van der Waals surface area (Å²) in [6.07, 6.45) is 3.73. The first-order valence-corrected chi connectivity index (χ1v) is 7.12. The number of benzene rings is 1. The van der Waals surface area contributed by atoms with Crippen molar-refractivity contribution in [3.8, 4) is 11.3 Å². The number of hydrogen-bond donors (Lipinski definition) is 1. The molecule has 0 saturated heterocycles. The van der Waals surface area contributed by atoms with Gasteiger partial charge < -0.3 is 5.11 Å². The molecule has 0 spiro atoms. The number of pyridine rings is 1. The maximum atomic E-state index is 11.0. The van der Waals surface area contributed by atoms with Gasteiger partial charge in [0.05, 0.1) is 5.69 Å². The third kappa shape index (κ3) is 2.35. The Kier molecular flexibility index (Phi) is 3.41. The van der Waals surface area contributed by atoms with Crippen LogP contribution in [-0.4, -0.2) is 25.8 Å². The molecule has 0 fully saturated rings. The Morgan fingerprint density at radius 2 is 2.00 bits per heavy atom. The molecule has 112 valence electrons. The van der Waals surface area contributed by atoms with Crippen molar-refractivity contribution in [1.29, 1.82) is 0 Å². The molecule has 0 aliphatic rings. The van der Waals surface area contributed by atoms with Crippen LogP contribution in [0.2, 0.25) is 0 Å². The van der Waals surface area contributed by atoms with E-state index in [1.54, 1.807) is 17.8 Å². The molecule has 3 aromatic rings. The lowest BCUT2D eigenvalue weighted by atomic mass is 9.97. The van der Waals surface area contributed by atoms with Crippen molar-refractivity contribution in [3.63, 3.8) is 0 Å². The Hall–Kier alpha value is -2.69. The Labute approximate surface area is 128 Å². The van der Waals surface area contributed by atoms with Crippen LogP contribution in [0.25, 0.3) is 22.0 Å². The van der Waals surface area contributed by atoms with Crippen LogP contribution in [-0.2, 0) is 7.05 Å². The number of aromatic nitrogens is 3. The van der Waals surface area contributed by atoms with Gasteiger partial charge in [0.2, 0.25) is 0 Å². The molecule has 2 aromatic heterocycles. The molecular formula is C17H17N3O2. The number of carbonyl (C=O) groups is 1. The highest BCUT2D eigenvalue weighted by molar-refractivity contribution is 5.90. The quantitative estimate of drug-likeness (QED) is 0.803. The predicted molar refractivity (Wildman–Crippen MR) is 85.0 cm³/mol. The van der Waals surface area contributed by atoms with E-state index in [-0.39, 0.29) is 5.69 Å². The van der Waals surface area contributed by atoms with Crippen LogP contribution >= 0.6 is 0 Å². The summed E-state index contributed by atoms with van der Waals surface area (Å²) in [7, 11) is 1.74. The zero-order valence-corrected chi connectivity index (χ0v) is 12.7. The summed E-state index contributed by atoms with van der Waals surface area (Å²) in [5.41, 5.74) is 2.96. The monoisotopic (exact) mass is 295 g/mol. The number of fused-ring (bicyclic) bond motifs is 1. The zero-order chi connectivity index (χ0) is 15.9. The first-order chi connectivity index (χ1) is 10.5. The normalized spacial score (nSPS) is 11.3.